The van der Waals surface area contributed by atoms with Crippen LogP contribution in [0.1, 0.15) is 18.4 Å². The Labute approximate surface area is 87.5 Å². The average Bonchev–Trinajstić information content (AvgIpc) is 2.55. The largest absolute Gasteiger partial charge is 0.356 e. The summed E-state index contributed by atoms with van der Waals surface area (Å²) in [6.07, 6.45) is 2.95. The van der Waals surface area contributed by atoms with Gasteiger partial charge in [-0.1, -0.05) is 0 Å². The van der Waals surface area contributed by atoms with Crippen molar-refractivity contribution >= 4 is 17.2 Å². The number of rotatable bonds is 5. The molecule has 0 bridgehead atoms. The molecule has 0 aromatic carbocycles. The van der Waals surface area contributed by atoms with E-state index in [1.807, 2.05) is 12.3 Å². The molecule has 1 unspecified atom stereocenters. The number of thiazole rings is 1. The topological polar surface area (TPSA) is 68.0 Å². The minimum absolute atomic E-state index is 0.0107. The summed E-state index contributed by atoms with van der Waals surface area (Å²) < 4.78 is 0. The summed E-state index contributed by atoms with van der Waals surface area (Å²) in [6, 6.07) is -0.0742. The van der Waals surface area contributed by atoms with Gasteiger partial charge in [0, 0.05) is 37.0 Å². The van der Waals surface area contributed by atoms with Crippen LogP contribution in [0.2, 0.25) is 0 Å². The standard InChI is InChI=1S/C9H15N3OS/c1-7(10)6-8(13)11-3-2-9-12-4-5-14-9/h4-5,7H,2-3,6,10H2,1H3,(H,11,13). The van der Waals surface area contributed by atoms with E-state index < -0.39 is 0 Å². The lowest BCUT2D eigenvalue weighted by atomic mass is 10.2. The number of aromatic nitrogens is 1. The lowest BCUT2D eigenvalue weighted by molar-refractivity contribution is -0.121. The number of hydrogen-bond donors (Lipinski definition) is 2. The van der Waals surface area contributed by atoms with Crippen LogP contribution in [0.25, 0.3) is 0 Å². The van der Waals surface area contributed by atoms with Gasteiger partial charge >= 0.3 is 0 Å². The molecule has 14 heavy (non-hydrogen) atoms. The summed E-state index contributed by atoms with van der Waals surface area (Å²) in [5, 5.41) is 5.78. The van der Waals surface area contributed by atoms with Crippen molar-refractivity contribution in [1.29, 1.82) is 0 Å². The molecule has 0 saturated carbocycles. The van der Waals surface area contributed by atoms with Gasteiger partial charge in [-0.2, -0.15) is 0 Å². The fourth-order valence-corrected chi connectivity index (χ4v) is 1.67. The molecule has 0 radical (unpaired) electrons. The molecule has 78 valence electrons. The molecule has 1 aromatic heterocycles. The molecule has 1 rings (SSSR count). The molecule has 0 fully saturated rings. The van der Waals surface area contributed by atoms with E-state index in [4.69, 9.17) is 5.73 Å². The first kappa shape index (κ1) is 11.1. The van der Waals surface area contributed by atoms with Gasteiger partial charge < -0.3 is 11.1 Å². The third-order valence-electron chi connectivity index (χ3n) is 1.65. The second kappa shape index (κ2) is 5.72. The van der Waals surface area contributed by atoms with E-state index in [9.17, 15) is 4.79 Å². The van der Waals surface area contributed by atoms with Gasteiger partial charge in [0.2, 0.25) is 5.91 Å². The molecule has 5 heteroatoms. The van der Waals surface area contributed by atoms with Crippen LogP contribution in [0.5, 0.6) is 0 Å². The van der Waals surface area contributed by atoms with Gasteiger partial charge in [-0.15, -0.1) is 11.3 Å². The van der Waals surface area contributed by atoms with Gasteiger partial charge in [-0.25, -0.2) is 4.98 Å². The number of amides is 1. The minimum atomic E-state index is -0.0742. The zero-order valence-corrected chi connectivity index (χ0v) is 9.01. The Morgan fingerprint density at radius 2 is 2.57 bits per heavy atom. The first-order valence-corrected chi connectivity index (χ1v) is 5.47. The van der Waals surface area contributed by atoms with Crippen molar-refractivity contribution in [2.75, 3.05) is 6.54 Å². The van der Waals surface area contributed by atoms with Gasteiger partial charge in [0.1, 0.15) is 0 Å². The molecule has 3 N–H and O–H groups in total. The van der Waals surface area contributed by atoms with E-state index >= 15 is 0 Å². The van der Waals surface area contributed by atoms with Crippen molar-refractivity contribution in [2.24, 2.45) is 5.73 Å². The summed E-state index contributed by atoms with van der Waals surface area (Å²) in [5.41, 5.74) is 5.49. The Balaban J connectivity index is 2.12. The molecule has 1 amide bonds. The summed E-state index contributed by atoms with van der Waals surface area (Å²) in [7, 11) is 0. The third-order valence-corrected chi connectivity index (χ3v) is 2.49. The third kappa shape index (κ3) is 4.34. The van der Waals surface area contributed by atoms with Crippen molar-refractivity contribution in [1.82, 2.24) is 10.3 Å². The van der Waals surface area contributed by atoms with Gasteiger partial charge in [-0.3, -0.25) is 4.79 Å². The lowest BCUT2D eigenvalue weighted by Crippen LogP contribution is -2.31. The van der Waals surface area contributed by atoms with Gasteiger partial charge in [0.15, 0.2) is 0 Å². The van der Waals surface area contributed by atoms with E-state index in [0.29, 0.717) is 13.0 Å². The predicted octanol–water partition coefficient (Wildman–Crippen LogP) is 0.539. The molecule has 1 atom stereocenters. The fraction of sp³-hybridized carbons (Fsp3) is 0.556. The molecule has 4 nitrogen and oxygen atoms in total. The Morgan fingerprint density at radius 3 is 3.14 bits per heavy atom. The van der Waals surface area contributed by atoms with E-state index in [1.54, 1.807) is 17.5 Å². The molecule has 1 aromatic rings. The molecular formula is C9H15N3OS. The molecular weight excluding hydrogens is 198 g/mol. The molecule has 0 spiro atoms. The van der Waals surface area contributed by atoms with Crippen LogP contribution in [0.4, 0.5) is 0 Å². The Bertz CT molecular complexity index is 272. The van der Waals surface area contributed by atoms with Crippen LogP contribution in [0.3, 0.4) is 0 Å². The molecule has 0 aliphatic rings. The Kier molecular flexibility index (Phi) is 4.55. The molecule has 1 heterocycles. The van der Waals surface area contributed by atoms with Gasteiger partial charge in [0.25, 0.3) is 0 Å². The highest BCUT2D eigenvalue weighted by Crippen LogP contribution is 2.03. The van der Waals surface area contributed by atoms with Crippen LogP contribution in [0.15, 0.2) is 11.6 Å². The highest BCUT2D eigenvalue weighted by Gasteiger charge is 2.04. The van der Waals surface area contributed by atoms with E-state index in [1.165, 1.54) is 0 Å². The predicted molar refractivity (Wildman–Crippen MR) is 57.1 cm³/mol. The number of carbonyl (C=O) groups excluding carboxylic acids is 1. The van der Waals surface area contributed by atoms with E-state index in [-0.39, 0.29) is 11.9 Å². The maximum atomic E-state index is 11.2. The maximum Gasteiger partial charge on any atom is 0.221 e. The Hall–Kier alpha value is -0.940. The lowest BCUT2D eigenvalue weighted by Gasteiger charge is -2.05. The number of nitrogens with one attached hydrogen (secondary N) is 1. The Morgan fingerprint density at radius 1 is 1.79 bits per heavy atom. The van der Waals surface area contributed by atoms with Crippen LogP contribution in [-0.2, 0) is 11.2 Å². The van der Waals surface area contributed by atoms with Crippen LogP contribution in [0, 0.1) is 0 Å². The second-order valence-corrected chi connectivity index (χ2v) is 4.19. The first-order chi connectivity index (χ1) is 6.68. The summed E-state index contributed by atoms with van der Waals surface area (Å²) in [5.74, 6) is 0.0107. The highest BCUT2D eigenvalue weighted by molar-refractivity contribution is 7.09. The number of hydrogen-bond acceptors (Lipinski definition) is 4. The summed E-state index contributed by atoms with van der Waals surface area (Å²) in [6.45, 7) is 2.46. The zero-order chi connectivity index (χ0) is 10.4. The van der Waals surface area contributed by atoms with Crippen molar-refractivity contribution in [2.45, 2.75) is 25.8 Å². The van der Waals surface area contributed by atoms with E-state index in [0.717, 1.165) is 11.4 Å². The SMILES string of the molecule is CC(N)CC(=O)NCCc1nccs1. The van der Waals surface area contributed by atoms with Crippen LogP contribution < -0.4 is 11.1 Å². The van der Waals surface area contributed by atoms with Crippen molar-refractivity contribution in [3.63, 3.8) is 0 Å². The second-order valence-electron chi connectivity index (χ2n) is 3.21. The molecule has 0 aliphatic heterocycles. The fourth-order valence-electron chi connectivity index (χ4n) is 1.05. The van der Waals surface area contributed by atoms with Crippen LogP contribution in [-0.4, -0.2) is 23.5 Å². The van der Waals surface area contributed by atoms with Crippen molar-refractivity contribution < 1.29 is 4.79 Å². The number of nitrogens with two attached hydrogens (primary N) is 1. The average molecular weight is 213 g/mol. The number of nitrogens with zero attached hydrogens (tertiary/aromatic N) is 1. The van der Waals surface area contributed by atoms with Gasteiger partial charge in [-0.05, 0) is 6.92 Å². The highest BCUT2D eigenvalue weighted by atomic mass is 32.1. The normalized spacial score (nSPS) is 12.4. The minimum Gasteiger partial charge on any atom is -0.356 e. The quantitative estimate of drug-likeness (QED) is 0.750. The smallest absolute Gasteiger partial charge is 0.221 e. The van der Waals surface area contributed by atoms with E-state index in [2.05, 4.69) is 10.3 Å². The monoisotopic (exact) mass is 213 g/mol. The molecule has 0 saturated heterocycles. The zero-order valence-electron chi connectivity index (χ0n) is 8.19. The number of carbonyl (C=O) groups is 1. The first-order valence-electron chi connectivity index (χ1n) is 4.59. The van der Waals surface area contributed by atoms with Crippen molar-refractivity contribution in [3.8, 4) is 0 Å². The van der Waals surface area contributed by atoms with Gasteiger partial charge in [0.05, 0.1) is 5.01 Å². The van der Waals surface area contributed by atoms with Crippen LogP contribution >= 0.6 is 11.3 Å². The summed E-state index contributed by atoms with van der Waals surface area (Å²) in [4.78, 5) is 15.3. The molecule has 0 aliphatic carbocycles. The summed E-state index contributed by atoms with van der Waals surface area (Å²) >= 11 is 1.60. The maximum absolute atomic E-state index is 11.2. The van der Waals surface area contributed by atoms with Crippen molar-refractivity contribution in [3.05, 3.63) is 16.6 Å².